The van der Waals surface area contributed by atoms with Crippen molar-refractivity contribution in [1.82, 2.24) is 9.97 Å². The number of anilines is 2. The molecule has 0 aliphatic rings. The number of hydrazine groups is 1. The highest BCUT2D eigenvalue weighted by molar-refractivity contribution is 5.57. The van der Waals surface area contributed by atoms with E-state index in [0.717, 1.165) is 30.2 Å². The van der Waals surface area contributed by atoms with Gasteiger partial charge in [0.1, 0.15) is 17.5 Å². The number of nitrogen functional groups attached to an aromatic ring is 1. The zero-order chi connectivity index (χ0) is 14.4. The second-order valence-corrected chi connectivity index (χ2v) is 5.03. The Morgan fingerprint density at radius 3 is 2.37 bits per heavy atom. The lowest BCUT2D eigenvalue weighted by molar-refractivity contribution is 0.191. The van der Waals surface area contributed by atoms with Gasteiger partial charge in [0.15, 0.2) is 0 Å². The van der Waals surface area contributed by atoms with Crippen LogP contribution >= 0.6 is 0 Å². The van der Waals surface area contributed by atoms with Crippen molar-refractivity contribution in [3.05, 3.63) is 11.4 Å². The van der Waals surface area contributed by atoms with Gasteiger partial charge in [0.25, 0.3) is 0 Å². The number of methoxy groups -OCH3 is 1. The fraction of sp³-hybridized carbons (Fsp3) is 0.692. The Bertz CT molecular complexity index is 408. The van der Waals surface area contributed by atoms with Crippen LogP contribution in [0.5, 0.6) is 0 Å². The lowest BCUT2D eigenvalue weighted by Crippen LogP contribution is -2.21. The van der Waals surface area contributed by atoms with Crippen LogP contribution < -0.4 is 16.6 Å². The van der Waals surface area contributed by atoms with E-state index in [4.69, 9.17) is 10.6 Å². The first kappa shape index (κ1) is 15.7. The van der Waals surface area contributed by atoms with Gasteiger partial charge >= 0.3 is 0 Å². The predicted molar refractivity (Wildman–Crippen MR) is 78.2 cm³/mol. The zero-order valence-electron chi connectivity index (χ0n) is 12.4. The van der Waals surface area contributed by atoms with Gasteiger partial charge in [-0.15, -0.1) is 0 Å². The molecule has 0 aromatic carbocycles. The SMILES string of the molecule is COCCC(C)Nc1nc(C(C)C)nc(NN)c1C. The maximum Gasteiger partial charge on any atom is 0.148 e. The summed E-state index contributed by atoms with van der Waals surface area (Å²) < 4.78 is 5.08. The Hall–Kier alpha value is -1.40. The van der Waals surface area contributed by atoms with E-state index in [2.05, 4.69) is 41.5 Å². The number of rotatable bonds is 7. The van der Waals surface area contributed by atoms with Crippen molar-refractivity contribution in [2.24, 2.45) is 5.84 Å². The Labute approximate surface area is 115 Å². The minimum absolute atomic E-state index is 0.252. The summed E-state index contributed by atoms with van der Waals surface area (Å²) in [6.07, 6.45) is 0.919. The lowest BCUT2D eigenvalue weighted by Gasteiger charge is -2.18. The van der Waals surface area contributed by atoms with Crippen LogP contribution in [0.15, 0.2) is 0 Å². The summed E-state index contributed by atoms with van der Waals surface area (Å²) in [6, 6.07) is 0.277. The Kier molecular flexibility index (Phi) is 5.98. The van der Waals surface area contributed by atoms with Crippen molar-refractivity contribution in [1.29, 1.82) is 0 Å². The molecule has 0 spiro atoms. The molecule has 1 aromatic heterocycles. The standard InChI is InChI=1S/C13H25N5O/c1-8(2)11-16-12(10(4)13(17-11)18-14)15-9(3)6-7-19-5/h8-9H,6-7,14H2,1-5H3,(H2,15,16,17,18). The molecule has 0 aliphatic carbocycles. The summed E-state index contributed by atoms with van der Waals surface area (Å²) >= 11 is 0. The molecule has 4 N–H and O–H groups in total. The molecule has 0 saturated carbocycles. The van der Waals surface area contributed by atoms with Crippen molar-refractivity contribution in [3.8, 4) is 0 Å². The second-order valence-electron chi connectivity index (χ2n) is 5.03. The van der Waals surface area contributed by atoms with Crippen molar-refractivity contribution >= 4 is 11.6 Å². The quantitative estimate of drug-likeness (QED) is 0.518. The first-order valence-corrected chi connectivity index (χ1v) is 6.60. The molecule has 0 bridgehead atoms. The van der Waals surface area contributed by atoms with Crippen molar-refractivity contribution < 1.29 is 4.74 Å². The average Bonchev–Trinajstić information content (AvgIpc) is 2.38. The number of nitrogens with two attached hydrogens (primary N) is 1. The molecule has 0 amide bonds. The van der Waals surface area contributed by atoms with Crippen LogP contribution in [0.3, 0.4) is 0 Å². The van der Waals surface area contributed by atoms with Crippen LogP contribution in [0.4, 0.5) is 11.6 Å². The number of nitrogens with zero attached hydrogens (tertiary/aromatic N) is 2. The number of hydrogen-bond donors (Lipinski definition) is 3. The van der Waals surface area contributed by atoms with E-state index in [0.29, 0.717) is 5.82 Å². The van der Waals surface area contributed by atoms with Gasteiger partial charge in [-0.3, -0.25) is 0 Å². The summed E-state index contributed by atoms with van der Waals surface area (Å²) in [5.41, 5.74) is 3.56. The van der Waals surface area contributed by atoms with Crippen molar-refractivity contribution in [2.45, 2.75) is 46.1 Å². The summed E-state index contributed by atoms with van der Waals surface area (Å²) in [4.78, 5) is 8.98. The van der Waals surface area contributed by atoms with E-state index in [1.807, 2.05) is 6.92 Å². The fourth-order valence-electron chi connectivity index (χ4n) is 1.67. The number of hydrogen-bond acceptors (Lipinski definition) is 6. The van der Waals surface area contributed by atoms with Gasteiger partial charge in [-0.05, 0) is 20.3 Å². The molecule has 6 heteroatoms. The predicted octanol–water partition coefficient (Wildman–Crippen LogP) is 2.03. The lowest BCUT2D eigenvalue weighted by atomic mass is 10.2. The summed E-state index contributed by atoms with van der Waals surface area (Å²) in [7, 11) is 1.70. The Morgan fingerprint density at radius 2 is 1.84 bits per heavy atom. The van der Waals surface area contributed by atoms with Crippen LogP contribution in [-0.4, -0.2) is 29.7 Å². The molecule has 0 radical (unpaired) electrons. The molecule has 0 saturated heterocycles. The van der Waals surface area contributed by atoms with Crippen LogP contribution in [0.1, 0.15) is 44.5 Å². The van der Waals surface area contributed by atoms with Gasteiger partial charge in [0, 0.05) is 31.2 Å². The number of ether oxygens (including phenoxy) is 1. The van der Waals surface area contributed by atoms with Crippen molar-refractivity contribution in [3.63, 3.8) is 0 Å². The van der Waals surface area contributed by atoms with Gasteiger partial charge in [-0.25, -0.2) is 15.8 Å². The van der Waals surface area contributed by atoms with E-state index >= 15 is 0 Å². The highest BCUT2D eigenvalue weighted by atomic mass is 16.5. The molecule has 1 heterocycles. The van der Waals surface area contributed by atoms with Gasteiger partial charge in [-0.1, -0.05) is 13.8 Å². The summed E-state index contributed by atoms with van der Waals surface area (Å²) in [6.45, 7) is 8.89. The molecule has 1 rings (SSSR count). The van der Waals surface area contributed by atoms with E-state index < -0.39 is 0 Å². The van der Waals surface area contributed by atoms with E-state index in [1.54, 1.807) is 7.11 Å². The van der Waals surface area contributed by atoms with Crippen molar-refractivity contribution in [2.75, 3.05) is 24.5 Å². The van der Waals surface area contributed by atoms with Gasteiger partial charge < -0.3 is 15.5 Å². The third kappa shape index (κ3) is 4.33. The molecule has 1 unspecified atom stereocenters. The fourth-order valence-corrected chi connectivity index (χ4v) is 1.67. The second kappa shape index (κ2) is 7.25. The average molecular weight is 267 g/mol. The third-order valence-corrected chi connectivity index (χ3v) is 2.95. The van der Waals surface area contributed by atoms with E-state index in [-0.39, 0.29) is 12.0 Å². The zero-order valence-corrected chi connectivity index (χ0v) is 12.4. The normalized spacial score (nSPS) is 12.6. The van der Waals surface area contributed by atoms with E-state index in [1.165, 1.54) is 0 Å². The molecule has 1 aromatic rings. The molecule has 0 fully saturated rings. The maximum absolute atomic E-state index is 5.51. The molecular formula is C13H25N5O. The molecule has 108 valence electrons. The minimum atomic E-state index is 0.252. The van der Waals surface area contributed by atoms with Crippen LogP contribution in [0.2, 0.25) is 0 Å². The van der Waals surface area contributed by atoms with E-state index in [9.17, 15) is 0 Å². The smallest absolute Gasteiger partial charge is 0.148 e. The summed E-state index contributed by atoms with van der Waals surface area (Å²) in [5, 5.41) is 3.39. The van der Waals surface area contributed by atoms with Gasteiger partial charge in [-0.2, -0.15) is 0 Å². The van der Waals surface area contributed by atoms with Gasteiger partial charge in [0.2, 0.25) is 0 Å². The molecule has 19 heavy (non-hydrogen) atoms. The Morgan fingerprint density at radius 1 is 1.21 bits per heavy atom. The molecule has 1 atom stereocenters. The molecule has 6 nitrogen and oxygen atoms in total. The van der Waals surface area contributed by atoms with Crippen LogP contribution in [0, 0.1) is 6.92 Å². The topological polar surface area (TPSA) is 85.1 Å². The van der Waals surface area contributed by atoms with Crippen LogP contribution in [-0.2, 0) is 4.74 Å². The van der Waals surface area contributed by atoms with Crippen LogP contribution in [0.25, 0.3) is 0 Å². The molecular weight excluding hydrogens is 242 g/mol. The number of nitrogens with one attached hydrogen (secondary N) is 2. The van der Waals surface area contributed by atoms with Gasteiger partial charge in [0.05, 0.1) is 0 Å². The molecule has 0 aliphatic heterocycles. The first-order chi connectivity index (χ1) is 8.99. The monoisotopic (exact) mass is 267 g/mol. The largest absolute Gasteiger partial charge is 0.385 e. The third-order valence-electron chi connectivity index (χ3n) is 2.95. The minimum Gasteiger partial charge on any atom is -0.385 e. The highest BCUT2D eigenvalue weighted by Crippen LogP contribution is 2.23. The summed E-state index contributed by atoms with van der Waals surface area (Å²) in [5.74, 6) is 8.04. The highest BCUT2D eigenvalue weighted by Gasteiger charge is 2.14. The Balaban J connectivity index is 2.94. The first-order valence-electron chi connectivity index (χ1n) is 6.60. The maximum atomic E-state index is 5.51. The number of aromatic nitrogens is 2.